The highest BCUT2D eigenvalue weighted by atomic mass is 28.3. The van der Waals surface area contributed by atoms with Gasteiger partial charge in [-0.3, -0.25) is 0 Å². The van der Waals surface area contributed by atoms with E-state index in [0.717, 1.165) is 5.16 Å². The summed E-state index contributed by atoms with van der Waals surface area (Å²) in [5.41, 5.74) is 0. The summed E-state index contributed by atoms with van der Waals surface area (Å²) in [6.45, 7) is 16.7. The van der Waals surface area contributed by atoms with Crippen molar-refractivity contribution in [1.29, 1.82) is 0 Å². The monoisotopic (exact) mass is 232 g/mol. The van der Waals surface area contributed by atoms with Crippen LogP contribution in [-0.4, -0.2) is 54.7 Å². The largest absolute Gasteiger partial charge is 0.330 e. The van der Waals surface area contributed by atoms with E-state index in [1.54, 1.807) is 0 Å². The van der Waals surface area contributed by atoms with Crippen LogP contribution in [0.15, 0.2) is 0 Å². The first-order valence-electron chi connectivity index (χ1n) is 6.12. The number of rotatable bonds is 8. The van der Waals surface area contributed by atoms with Crippen LogP contribution in [0.1, 0.15) is 34.6 Å². The van der Waals surface area contributed by atoms with Crippen molar-refractivity contribution in [1.82, 2.24) is 9.13 Å². The lowest BCUT2D eigenvalue weighted by molar-refractivity contribution is 0.476. The van der Waals surface area contributed by atoms with Gasteiger partial charge in [0, 0.05) is 0 Å². The molecule has 0 bridgehead atoms. The summed E-state index contributed by atoms with van der Waals surface area (Å²) in [6.07, 6.45) is 0. The van der Waals surface area contributed by atoms with Gasteiger partial charge in [0.05, 0.1) is 19.4 Å². The van der Waals surface area contributed by atoms with Crippen LogP contribution in [-0.2, 0) is 0 Å². The molecule has 0 saturated carbocycles. The van der Waals surface area contributed by atoms with Crippen molar-refractivity contribution in [3.63, 3.8) is 0 Å². The minimum Gasteiger partial charge on any atom is -0.330 e. The molecule has 0 aromatic carbocycles. The molecule has 0 aliphatic carbocycles. The van der Waals surface area contributed by atoms with E-state index in [1.165, 1.54) is 26.2 Å². The van der Waals surface area contributed by atoms with Crippen LogP contribution in [0.3, 0.4) is 0 Å². The molecular weight excluding hydrogens is 204 g/mol. The van der Waals surface area contributed by atoms with Crippen LogP contribution in [0, 0.1) is 0 Å². The Morgan fingerprint density at radius 2 is 1.07 bits per heavy atom. The fourth-order valence-corrected chi connectivity index (χ4v) is 7.35. The summed E-state index contributed by atoms with van der Waals surface area (Å²) in [7, 11) is 0.0832. The van der Waals surface area contributed by atoms with E-state index >= 15 is 0 Å². The van der Waals surface area contributed by atoms with E-state index in [4.69, 9.17) is 0 Å². The van der Waals surface area contributed by atoms with E-state index in [2.05, 4.69) is 43.7 Å². The van der Waals surface area contributed by atoms with Gasteiger partial charge in [-0.1, -0.05) is 34.6 Å². The SMILES string of the molecule is CCN(CC)[SiH2]C(C)[SiH2]N(CC)CC. The van der Waals surface area contributed by atoms with Crippen molar-refractivity contribution in [3.8, 4) is 0 Å². The maximum absolute atomic E-state index is 2.68. The highest BCUT2D eigenvalue weighted by Crippen LogP contribution is 2.04. The Morgan fingerprint density at radius 1 is 0.786 bits per heavy atom. The first-order chi connectivity index (χ1) is 6.67. The average Bonchev–Trinajstić information content (AvgIpc) is 2.22. The summed E-state index contributed by atoms with van der Waals surface area (Å²) < 4.78 is 5.36. The molecule has 0 aromatic heterocycles. The molecule has 0 amide bonds. The third-order valence-electron chi connectivity index (χ3n) is 2.93. The number of nitrogens with zero attached hydrogens (tertiary/aromatic N) is 2. The zero-order chi connectivity index (χ0) is 11.0. The second-order valence-electron chi connectivity index (χ2n) is 4.08. The van der Waals surface area contributed by atoms with Crippen molar-refractivity contribution in [2.45, 2.75) is 39.8 Å². The fourth-order valence-electron chi connectivity index (χ4n) is 1.90. The maximum Gasteiger partial charge on any atom is 0.0959 e. The molecular formula is C10H28N2Si2. The molecule has 2 nitrogen and oxygen atoms in total. The van der Waals surface area contributed by atoms with Crippen LogP contribution in [0.5, 0.6) is 0 Å². The standard InChI is InChI=1S/C10H28N2Si2/c1-6-11(7-2)13-10(5)14-12(8-3)9-4/h10H,6-9,13-14H2,1-5H3. The predicted molar refractivity (Wildman–Crippen MR) is 72.4 cm³/mol. The lowest BCUT2D eigenvalue weighted by Gasteiger charge is -2.26. The van der Waals surface area contributed by atoms with Crippen LogP contribution in [0.2, 0.25) is 5.16 Å². The van der Waals surface area contributed by atoms with Crippen molar-refractivity contribution >= 4 is 19.4 Å². The molecule has 0 N–H and O–H groups in total. The van der Waals surface area contributed by atoms with E-state index < -0.39 is 0 Å². The molecule has 14 heavy (non-hydrogen) atoms. The minimum atomic E-state index is 0.0416. The Hall–Kier alpha value is 0.354. The Labute approximate surface area is 94.9 Å². The summed E-state index contributed by atoms with van der Waals surface area (Å²) in [5.74, 6) is 0. The van der Waals surface area contributed by atoms with Gasteiger partial charge in [0.15, 0.2) is 0 Å². The highest BCUT2D eigenvalue weighted by Gasteiger charge is 2.11. The van der Waals surface area contributed by atoms with Gasteiger partial charge >= 0.3 is 0 Å². The zero-order valence-corrected chi connectivity index (χ0v) is 13.5. The highest BCUT2D eigenvalue weighted by molar-refractivity contribution is 6.55. The van der Waals surface area contributed by atoms with Gasteiger partial charge < -0.3 is 9.13 Å². The third-order valence-corrected chi connectivity index (χ3v) is 8.55. The summed E-state index contributed by atoms with van der Waals surface area (Å²) in [4.78, 5) is 0. The van der Waals surface area contributed by atoms with Crippen LogP contribution >= 0.6 is 0 Å². The first-order valence-corrected chi connectivity index (χ1v) is 9.02. The van der Waals surface area contributed by atoms with Crippen molar-refractivity contribution in [2.75, 3.05) is 26.2 Å². The maximum atomic E-state index is 2.68. The lowest BCUT2D eigenvalue weighted by atomic mass is 10.7. The van der Waals surface area contributed by atoms with Gasteiger partial charge in [0.25, 0.3) is 0 Å². The molecule has 0 unspecified atom stereocenters. The molecule has 0 radical (unpaired) electrons. The van der Waals surface area contributed by atoms with Crippen molar-refractivity contribution in [2.24, 2.45) is 0 Å². The Kier molecular flexibility index (Phi) is 8.86. The van der Waals surface area contributed by atoms with E-state index in [9.17, 15) is 0 Å². The van der Waals surface area contributed by atoms with Crippen LogP contribution in [0.4, 0.5) is 0 Å². The quantitative estimate of drug-likeness (QED) is 0.566. The first kappa shape index (κ1) is 14.4. The number of hydrogen-bond donors (Lipinski definition) is 0. The van der Waals surface area contributed by atoms with Gasteiger partial charge in [0.2, 0.25) is 0 Å². The van der Waals surface area contributed by atoms with E-state index in [1.807, 2.05) is 0 Å². The lowest BCUT2D eigenvalue weighted by Crippen LogP contribution is -2.37. The molecule has 0 rings (SSSR count). The van der Waals surface area contributed by atoms with Crippen molar-refractivity contribution in [3.05, 3.63) is 0 Å². The minimum absolute atomic E-state index is 0.0416. The van der Waals surface area contributed by atoms with Gasteiger partial charge in [-0.25, -0.2) is 0 Å². The summed E-state index contributed by atoms with van der Waals surface area (Å²) in [6, 6.07) is 0. The topological polar surface area (TPSA) is 6.48 Å². The summed E-state index contributed by atoms with van der Waals surface area (Å²) >= 11 is 0. The molecule has 0 heterocycles. The second-order valence-corrected chi connectivity index (χ2v) is 10.5. The van der Waals surface area contributed by atoms with E-state index in [0.29, 0.717) is 0 Å². The number of hydrogen-bond acceptors (Lipinski definition) is 2. The average molecular weight is 233 g/mol. The van der Waals surface area contributed by atoms with Gasteiger partial charge in [-0.15, -0.1) is 0 Å². The fraction of sp³-hybridized carbons (Fsp3) is 1.00. The molecule has 0 aliphatic heterocycles. The molecule has 0 fully saturated rings. The molecule has 0 spiro atoms. The summed E-state index contributed by atoms with van der Waals surface area (Å²) in [5, 5.41) is 1.06. The third kappa shape index (κ3) is 5.95. The Morgan fingerprint density at radius 3 is 1.29 bits per heavy atom. The van der Waals surface area contributed by atoms with Crippen molar-refractivity contribution < 1.29 is 0 Å². The smallest absolute Gasteiger partial charge is 0.0959 e. The van der Waals surface area contributed by atoms with Crippen LogP contribution in [0.25, 0.3) is 0 Å². The second kappa shape index (κ2) is 8.65. The normalized spacial score (nSPS) is 15.6. The van der Waals surface area contributed by atoms with E-state index in [-0.39, 0.29) is 19.4 Å². The Bertz CT molecular complexity index is 111. The molecule has 0 aliphatic rings. The van der Waals surface area contributed by atoms with Gasteiger partial charge in [-0.2, -0.15) is 0 Å². The molecule has 0 aromatic rings. The molecule has 4 heteroatoms. The molecule has 0 saturated heterocycles. The Balaban J connectivity index is 3.77. The molecule has 0 atom stereocenters. The predicted octanol–water partition coefficient (Wildman–Crippen LogP) is 0.603. The van der Waals surface area contributed by atoms with Crippen LogP contribution < -0.4 is 0 Å². The zero-order valence-electron chi connectivity index (χ0n) is 10.7. The van der Waals surface area contributed by atoms with Gasteiger partial charge in [-0.05, 0) is 31.3 Å². The van der Waals surface area contributed by atoms with Gasteiger partial charge in [0.1, 0.15) is 0 Å². The molecule has 86 valence electrons.